The molecule has 1 heterocycles. The summed E-state index contributed by atoms with van der Waals surface area (Å²) in [5.74, 6) is -0.709. The Bertz CT molecular complexity index is 688. The molecular weight excluding hydrogens is 272 g/mol. The quantitative estimate of drug-likeness (QED) is 0.880. The summed E-state index contributed by atoms with van der Waals surface area (Å²) in [5.41, 5.74) is 1.97. The van der Waals surface area contributed by atoms with Gasteiger partial charge in [0.15, 0.2) is 0 Å². The molecule has 1 aromatic heterocycles. The van der Waals surface area contributed by atoms with Gasteiger partial charge >= 0.3 is 5.97 Å². The van der Waals surface area contributed by atoms with E-state index < -0.39 is 5.97 Å². The van der Waals surface area contributed by atoms with Gasteiger partial charge in [-0.2, -0.15) is 0 Å². The second-order valence-electron chi connectivity index (χ2n) is 5.12. The molecule has 0 spiro atoms. The van der Waals surface area contributed by atoms with Gasteiger partial charge in [-0.25, -0.2) is 0 Å². The average Bonchev–Trinajstić information content (AvgIpc) is 3.16. The van der Waals surface area contributed by atoms with E-state index in [2.05, 4.69) is 10.5 Å². The number of hydrogen-bond donors (Lipinski definition) is 2. The van der Waals surface area contributed by atoms with Crippen LogP contribution in [0.4, 0.5) is 5.69 Å². The van der Waals surface area contributed by atoms with Crippen LogP contribution < -0.4 is 5.32 Å². The third kappa shape index (κ3) is 3.28. The lowest BCUT2D eigenvalue weighted by Gasteiger charge is -2.04. The van der Waals surface area contributed by atoms with Crippen molar-refractivity contribution in [1.29, 1.82) is 0 Å². The fourth-order valence-corrected chi connectivity index (χ4v) is 2.09. The molecule has 0 saturated heterocycles. The van der Waals surface area contributed by atoms with Crippen molar-refractivity contribution in [2.75, 3.05) is 5.32 Å². The third-order valence-corrected chi connectivity index (χ3v) is 3.29. The van der Waals surface area contributed by atoms with Crippen molar-refractivity contribution in [3.05, 3.63) is 47.3 Å². The molecule has 6 heteroatoms. The van der Waals surface area contributed by atoms with E-state index in [4.69, 9.17) is 9.63 Å². The van der Waals surface area contributed by atoms with Crippen LogP contribution in [0.15, 0.2) is 34.9 Å². The minimum atomic E-state index is -0.914. The molecule has 1 fully saturated rings. The number of amides is 1. The van der Waals surface area contributed by atoms with E-state index in [9.17, 15) is 9.59 Å². The summed E-state index contributed by atoms with van der Waals surface area (Å²) < 4.78 is 5.04. The number of nitrogens with zero attached hydrogens (tertiary/aromatic N) is 1. The van der Waals surface area contributed by atoms with Gasteiger partial charge in [0.25, 0.3) is 5.91 Å². The van der Waals surface area contributed by atoms with Gasteiger partial charge in [0.2, 0.25) is 5.76 Å². The first-order valence-electron chi connectivity index (χ1n) is 6.70. The van der Waals surface area contributed by atoms with Crippen LogP contribution in [0, 0.1) is 0 Å². The lowest BCUT2D eigenvalue weighted by Crippen LogP contribution is -2.11. The fourth-order valence-electron chi connectivity index (χ4n) is 2.09. The van der Waals surface area contributed by atoms with Crippen LogP contribution >= 0.6 is 0 Å². The van der Waals surface area contributed by atoms with Crippen LogP contribution in [-0.2, 0) is 11.2 Å². The summed E-state index contributed by atoms with van der Waals surface area (Å²) >= 11 is 0. The highest BCUT2D eigenvalue weighted by atomic mass is 16.5. The van der Waals surface area contributed by atoms with Crippen molar-refractivity contribution < 1.29 is 19.2 Å². The van der Waals surface area contributed by atoms with Crippen LogP contribution in [0.1, 0.15) is 40.6 Å². The number of carbonyl (C=O) groups excluding carboxylic acids is 1. The van der Waals surface area contributed by atoms with Gasteiger partial charge in [0.05, 0.1) is 12.1 Å². The predicted octanol–water partition coefficient (Wildman–Crippen LogP) is 2.43. The van der Waals surface area contributed by atoms with Gasteiger partial charge in [-0.15, -0.1) is 0 Å². The molecule has 2 aromatic rings. The summed E-state index contributed by atoms with van der Waals surface area (Å²) in [5, 5.41) is 15.3. The fraction of sp³-hybridized carbons (Fsp3) is 0.267. The van der Waals surface area contributed by atoms with E-state index in [0.717, 1.165) is 18.5 Å². The van der Waals surface area contributed by atoms with E-state index in [0.29, 0.717) is 17.2 Å². The van der Waals surface area contributed by atoms with Crippen LogP contribution in [-0.4, -0.2) is 22.1 Å². The van der Waals surface area contributed by atoms with Crippen LogP contribution in [0.3, 0.4) is 0 Å². The van der Waals surface area contributed by atoms with E-state index in [-0.39, 0.29) is 18.1 Å². The Morgan fingerprint density at radius 1 is 1.33 bits per heavy atom. The van der Waals surface area contributed by atoms with Crippen LogP contribution in [0.2, 0.25) is 0 Å². The maximum absolute atomic E-state index is 12.0. The Morgan fingerprint density at radius 3 is 2.86 bits per heavy atom. The van der Waals surface area contributed by atoms with E-state index in [1.165, 1.54) is 0 Å². The second-order valence-corrected chi connectivity index (χ2v) is 5.12. The Balaban J connectivity index is 1.69. The smallest absolute Gasteiger partial charge is 0.307 e. The molecule has 0 aliphatic heterocycles. The molecule has 1 saturated carbocycles. The SMILES string of the molecule is O=C(O)Cc1cccc(NC(=O)c2cc(C3CC3)no2)c1. The summed E-state index contributed by atoms with van der Waals surface area (Å²) in [6.45, 7) is 0. The molecule has 1 aromatic carbocycles. The molecule has 0 unspecified atom stereocenters. The number of aromatic nitrogens is 1. The minimum Gasteiger partial charge on any atom is -0.481 e. The molecule has 1 aliphatic carbocycles. The zero-order valence-corrected chi connectivity index (χ0v) is 11.2. The van der Waals surface area contributed by atoms with Crippen molar-refractivity contribution in [3.63, 3.8) is 0 Å². The molecule has 0 atom stereocenters. The van der Waals surface area contributed by atoms with E-state index in [1.807, 2.05) is 0 Å². The number of hydrogen-bond acceptors (Lipinski definition) is 4. The highest BCUT2D eigenvalue weighted by Crippen LogP contribution is 2.39. The lowest BCUT2D eigenvalue weighted by molar-refractivity contribution is -0.136. The molecule has 3 rings (SSSR count). The monoisotopic (exact) mass is 286 g/mol. The molecule has 1 amide bonds. The van der Waals surface area contributed by atoms with E-state index >= 15 is 0 Å². The van der Waals surface area contributed by atoms with Gasteiger partial charge in [-0.1, -0.05) is 17.3 Å². The second kappa shape index (κ2) is 5.40. The Labute approximate surface area is 120 Å². The summed E-state index contributed by atoms with van der Waals surface area (Å²) in [6.07, 6.45) is 2.09. The standard InChI is InChI=1S/C15H14N2O4/c18-14(19)7-9-2-1-3-11(6-9)16-15(20)13-8-12(17-21-13)10-4-5-10/h1-3,6,8,10H,4-5,7H2,(H,16,20)(H,18,19). The predicted molar refractivity (Wildman–Crippen MR) is 74.2 cm³/mol. The van der Waals surface area contributed by atoms with Crippen molar-refractivity contribution >= 4 is 17.6 Å². The van der Waals surface area contributed by atoms with Gasteiger partial charge in [0, 0.05) is 17.7 Å². The Kier molecular flexibility index (Phi) is 3.43. The number of nitrogens with one attached hydrogen (secondary N) is 1. The maximum Gasteiger partial charge on any atom is 0.307 e. The number of carbonyl (C=O) groups is 2. The third-order valence-electron chi connectivity index (χ3n) is 3.29. The van der Waals surface area contributed by atoms with Gasteiger partial charge in [0.1, 0.15) is 0 Å². The molecule has 0 bridgehead atoms. The first kappa shape index (κ1) is 13.4. The van der Waals surface area contributed by atoms with Crippen molar-refractivity contribution in [2.24, 2.45) is 0 Å². The number of carboxylic acid groups (broad SMARTS) is 1. The first-order valence-corrected chi connectivity index (χ1v) is 6.70. The molecule has 6 nitrogen and oxygen atoms in total. The number of carboxylic acids is 1. The van der Waals surface area contributed by atoms with E-state index in [1.54, 1.807) is 30.3 Å². The summed E-state index contributed by atoms with van der Waals surface area (Å²) in [6, 6.07) is 8.38. The molecule has 1 aliphatic rings. The molecule has 2 N–H and O–H groups in total. The first-order chi connectivity index (χ1) is 10.1. The number of rotatable bonds is 5. The largest absolute Gasteiger partial charge is 0.481 e. The molecular formula is C15H14N2O4. The normalized spacial score (nSPS) is 13.9. The molecule has 108 valence electrons. The Hall–Kier alpha value is -2.63. The van der Waals surface area contributed by atoms with Crippen molar-refractivity contribution in [1.82, 2.24) is 5.16 Å². The van der Waals surface area contributed by atoms with Crippen molar-refractivity contribution in [2.45, 2.75) is 25.2 Å². The Morgan fingerprint density at radius 2 is 2.14 bits per heavy atom. The molecule has 21 heavy (non-hydrogen) atoms. The summed E-state index contributed by atoms with van der Waals surface area (Å²) in [4.78, 5) is 22.7. The van der Waals surface area contributed by atoms with Crippen molar-refractivity contribution in [3.8, 4) is 0 Å². The molecule has 0 radical (unpaired) electrons. The van der Waals surface area contributed by atoms with Crippen LogP contribution in [0.5, 0.6) is 0 Å². The van der Waals surface area contributed by atoms with Gasteiger partial charge in [-0.3, -0.25) is 9.59 Å². The van der Waals surface area contributed by atoms with Gasteiger partial charge < -0.3 is 14.9 Å². The highest BCUT2D eigenvalue weighted by Gasteiger charge is 2.28. The summed E-state index contributed by atoms with van der Waals surface area (Å²) in [7, 11) is 0. The zero-order chi connectivity index (χ0) is 14.8. The zero-order valence-electron chi connectivity index (χ0n) is 11.2. The van der Waals surface area contributed by atoms with Crippen LogP contribution in [0.25, 0.3) is 0 Å². The topological polar surface area (TPSA) is 92.4 Å². The van der Waals surface area contributed by atoms with Gasteiger partial charge in [-0.05, 0) is 30.5 Å². The maximum atomic E-state index is 12.0. The number of anilines is 1. The lowest BCUT2D eigenvalue weighted by atomic mass is 10.1. The minimum absolute atomic E-state index is 0.0855. The number of aliphatic carboxylic acids is 1. The highest BCUT2D eigenvalue weighted by molar-refractivity contribution is 6.02. The average molecular weight is 286 g/mol. The number of benzene rings is 1.